The van der Waals surface area contributed by atoms with Crippen LogP contribution in [0, 0.1) is 0 Å². The van der Waals surface area contributed by atoms with Crippen molar-refractivity contribution in [1.29, 1.82) is 0 Å². The molecular weight excluding hydrogens is 316 g/mol. The van der Waals surface area contributed by atoms with Crippen LogP contribution in [0.1, 0.15) is 11.1 Å². The second-order valence-corrected chi connectivity index (χ2v) is 6.88. The molecule has 0 saturated heterocycles. The smallest absolute Gasteiger partial charge is 0.0716 e. The molecule has 0 aliphatic carbocycles. The SMILES string of the molecule is C1=CN2CC=c3ccccc3=C2c2ccc3nc4ccccc4cc3c21. The van der Waals surface area contributed by atoms with E-state index in [4.69, 9.17) is 4.98 Å². The number of fused-ring (bicyclic) bond motifs is 7. The first-order chi connectivity index (χ1) is 12.9. The third-order valence-corrected chi connectivity index (χ3v) is 5.43. The van der Waals surface area contributed by atoms with E-state index in [-0.39, 0.29) is 0 Å². The van der Waals surface area contributed by atoms with Gasteiger partial charge in [-0.25, -0.2) is 4.98 Å². The Bertz CT molecular complexity index is 1360. The maximum atomic E-state index is 4.87. The zero-order valence-electron chi connectivity index (χ0n) is 14.2. The number of para-hydroxylation sites is 1. The molecule has 2 heteroatoms. The lowest BCUT2D eigenvalue weighted by Gasteiger charge is -2.30. The van der Waals surface area contributed by atoms with Gasteiger partial charge in [0.1, 0.15) is 0 Å². The summed E-state index contributed by atoms with van der Waals surface area (Å²) < 4.78 is 0. The molecular formula is C24H16N2. The summed E-state index contributed by atoms with van der Waals surface area (Å²) in [6.45, 7) is 0.913. The van der Waals surface area contributed by atoms with Crippen molar-refractivity contribution in [2.75, 3.05) is 6.54 Å². The molecule has 0 bridgehead atoms. The average molecular weight is 332 g/mol. The van der Waals surface area contributed by atoms with Gasteiger partial charge in [-0.3, -0.25) is 0 Å². The lowest BCUT2D eigenvalue weighted by molar-refractivity contribution is 0.597. The van der Waals surface area contributed by atoms with Crippen molar-refractivity contribution in [2.24, 2.45) is 0 Å². The Morgan fingerprint density at radius 1 is 0.846 bits per heavy atom. The Morgan fingerprint density at radius 3 is 2.73 bits per heavy atom. The van der Waals surface area contributed by atoms with Crippen molar-refractivity contribution < 1.29 is 0 Å². The van der Waals surface area contributed by atoms with Gasteiger partial charge in [-0.2, -0.15) is 0 Å². The summed E-state index contributed by atoms with van der Waals surface area (Å²) in [5.74, 6) is 0. The number of hydrogen-bond donors (Lipinski definition) is 0. The molecule has 2 aliphatic rings. The maximum Gasteiger partial charge on any atom is 0.0716 e. The Morgan fingerprint density at radius 2 is 1.73 bits per heavy atom. The molecule has 0 saturated carbocycles. The fourth-order valence-corrected chi connectivity index (χ4v) is 4.19. The monoisotopic (exact) mass is 332 g/mol. The summed E-state index contributed by atoms with van der Waals surface area (Å²) in [5, 5.41) is 5.03. The Hall–Kier alpha value is -3.39. The number of nitrogens with zero attached hydrogens (tertiary/aromatic N) is 2. The van der Waals surface area contributed by atoms with Crippen molar-refractivity contribution in [2.45, 2.75) is 0 Å². The van der Waals surface area contributed by atoms with Gasteiger partial charge in [-0.05, 0) is 35.1 Å². The highest BCUT2D eigenvalue weighted by Crippen LogP contribution is 2.34. The van der Waals surface area contributed by atoms with Crippen LogP contribution in [0.3, 0.4) is 0 Å². The van der Waals surface area contributed by atoms with E-state index < -0.39 is 0 Å². The molecule has 122 valence electrons. The highest BCUT2D eigenvalue weighted by molar-refractivity contribution is 6.00. The van der Waals surface area contributed by atoms with E-state index in [9.17, 15) is 0 Å². The van der Waals surface area contributed by atoms with Gasteiger partial charge >= 0.3 is 0 Å². The first-order valence-corrected chi connectivity index (χ1v) is 8.96. The van der Waals surface area contributed by atoms with Crippen LogP contribution in [0.15, 0.2) is 72.9 Å². The first-order valence-electron chi connectivity index (χ1n) is 8.96. The second kappa shape index (κ2) is 5.06. The lowest BCUT2D eigenvalue weighted by atomic mass is 9.93. The molecule has 6 rings (SSSR count). The highest BCUT2D eigenvalue weighted by atomic mass is 15.1. The van der Waals surface area contributed by atoms with Crippen LogP contribution < -0.4 is 10.4 Å². The minimum atomic E-state index is 0.913. The van der Waals surface area contributed by atoms with Gasteiger partial charge in [0.2, 0.25) is 0 Å². The van der Waals surface area contributed by atoms with E-state index in [2.05, 4.69) is 83.9 Å². The van der Waals surface area contributed by atoms with Crippen molar-refractivity contribution >= 4 is 39.7 Å². The number of rotatable bonds is 0. The van der Waals surface area contributed by atoms with Crippen LogP contribution in [0.2, 0.25) is 0 Å². The van der Waals surface area contributed by atoms with Crippen molar-refractivity contribution in [3.8, 4) is 0 Å². The van der Waals surface area contributed by atoms with Gasteiger partial charge in [0.15, 0.2) is 0 Å². The topological polar surface area (TPSA) is 16.1 Å². The van der Waals surface area contributed by atoms with Crippen molar-refractivity contribution in [3.05, 3.63) is 94.5 Å². The predicted octanol–water partition coefficient (Wildman–Crippen LogP) is 3.62. The summed E-state index contributed by atoms with van der Waals surface area (Å²) in [4.78, 5) is 7.21. The van der Waals surface area contributed by atoms with Gasteiger partial charge in [0, 0.05) is 34.3 Å². The fraction of sp³-hybridized carbons (Fsp3) is 0.0417. The molecule has 0 spiro atoms. The molecule has 4 aromatic rings. The molecule has 0 N–H and O–H groups in total. The molecule has 2 aliphatic heterocycles. The highest BCUT2D eigenvalue weighted by Gasteiger charge is 2.21. The molecule has 0 atom stereocenters. The van der Waals surface area contributed by atoms with E-state index >= 15 is 0 Å². The van der Waals surface area contributed by atoms with E-state index in [1.807, 2.05) is 6.07 Å². The molecule has 26 heavy (non-hydrogen) atoms. The molecule has 2 nitrogen and oxygen atoms in total. The quantitative estimate of drug-likeness (QED) is 0.457. The van der Waals surface area contributed by atoms with Crippen LogP contribution in [0.4, 0.5) is 0 Å². The van der Waals surface area contributed by atoms with E-state index in [1.165, 1.54) is 38.0 Å². The molecule has 3 heterocycles. The van der Waals surface area contributed by atoms with E-state index in [0.29, 0.717) is 0 Å². The third-order valence-electron chi connectivity index (χ3n) is 5.43. The summed E-state index contributed by atoms with van der Waals surface area (Å²) in [6.07, 6.45) is 6.74. The second-order valence-electron chi connectivity index (χ2n) is 6.88. The number of benzene rings is 3. The third kappa shape index (κ3) is 1.84. The first kappa shape index (κ1) is 13.9. The molecule has 0 fully saturated rings. The summed E-state index contributed by atoms with van der Waals surface area (Å²) >= 11 is 0. The molecule has 3 aromatic carbocycles. The minimum absolute atomic E-state index is 0.913. The predicted molar refractivity (Wildman–Crippen MR) is 108 cm³/mol. The number of pyridine rings is 1. The summed E-state index contributed by atoms with van der Waals surface area (Å²) in [7, 11) is 0. The number of hydrogen-bond acceptors (Lipinski definition) is 2. The minimum Gasteiger partial charge on any atom is -0.343 e. The van der Waals surface area contributed by atoms with Crippen molar-refractivity contribution in [1.82, 2.24) is 9.88 Å². The zero-order valence-corrected chi connectivity index (χ0v) is 14.2. The lowest BCUT2D eigenvalue weighted by Crippen LogP contribution is -2.39. The van der Waals surface area contributed by atoms with Gasteiger partial charge < -0.3 is 4.90 Å². The largest absolute Gasteiger partial charge is 0.343 e. The van der Waals surface area contributed by atoms with Crippen LogP contribution in [0.5, 0.6) is 0 Å². The fourth-order valence-electron chi connectivity index (χ4n) is 4.19. The molecule has 0 amide bonds. The van der Waals surface area contributed by atoms with Crippen LogP contribution in [-0.2, 0) is 0 Å². The van der Waals surface area contributed by atoms with Crippen LogP contribution in [0.25, 0.3) is 39.7 Å². The molecule has 0 unspecified atom stereocenters. The van der Waals surface area contributed by atoms with Crippen molar-refractivity contribution in [3.63, 3.8) is 0 Å². The van der Waals surface area contributed by atoms with Gasteiger partial charge in [-0.1, -0.05) is 54.6 Å². The Kier molecular flexibility index (Phi) is 2.69. The zero-order chi connectivity index (χ0) is 17.1. The van der Waals surface area contributed by atoms with Crippen LogP contribution in [-0.4, -0.2) is 16.4 Å². The van der Waals surface area contributed by atoms with Gasteiger partial charge in [0.25, 0.3) is 0 Å². The average Bonchev–Trinajstić information content (AvgIpc) is 2.71. The summed E-state index contributed by atoms with van der Waals surface area (Å²) in [6, 6.07) is 23.7. The maximum absolute atomic E-state index is 4.87. The van der Waals surface area contributed by atoms with Gasteiger partial charge in [0.05, 0.1) is 16.7 Å². The van der Waals surface area contributed by atoms with E-state index in [0.717, 1.165) is 17.6 Å². The Labute approximate surface area is 151 Å². The standard InChI is InChI=1S/C24H16N2/c1-3-7-18-16(5-1)11-13-26-14-12-19-20(24(18)26)9-10-23-21(19)15-17-6-2-4-8-22(17)25-23/h1-12,14-15H,13H2. The molecule has 1 aromatic heterocycles. The van der Waals surface area contributed by atoms with Crippen LogP contribution >= 0.6 is 0 Å². The molecule has 0 radical (unpaired) electrons. The Balaban J connectivity index is 1.76. The summed E-state index contributed by atoms with van der Waals surface area (Å²) in [5.41, 5.74) is 5.96. The van der Waals surface area contributed by atoms with E-state index in [1.54, 1.807) is 0 Å². The van der Waals surface area contributed by atoms with Gasteiger partial charge in [-0.15, -0.1) is 0 Å². The number of aromatic nitrogens is 1. The normalized spacial score (nSPS) is 14.8.